The van der Waals surface area contributed by atoms with Gasteiger partial charge in [0.2, 0.25) is 0 Å². The first kappa shape index (κ1) is 16.4. The third-order valence-corrected chi connectivity index (χ3v) is 3.64. The Labute approximate surface area is 109 Å². The summed E-state index contributed by atoms with van der Waals surface area (Å²) in [5.41, 5.74) is 0. The van der Waals surface area contributed by atoms with Gasteiger partial charge in [0, 0.05) is 20.5 Å². The molecule has 3 heteroatoms. The first-order valence-corrected chi connectivity index (χ1v) is 8.20. The van der Waals surface area contributed by atoms with Crippen molar-refractivity contribution in [3.05, 3.63) is 0 Å². The summed E-state index contributed by atoms with van der Waals surface area (Å²) in [4.78, 5) is 2.49. The van der Waals surface area contributed by atoms with E-state index in [-0.39, 0.29) is 0 Å². The molecule has 0 atom stereocenters. The molecule has 1 nitrogen and oxygen atoms in total. The van der Waals surface area contributed by atoms with Crippen molar-refractivity contribution >= 4 is 20.5 Å². The minimum absolute atomic E-state index is 1.16. The highest BCUT2D eigenvalue weighted by atomic mass is 28.1. The molecule has 0 spiro atoms. The van der Waals surface area contributed by atoms with Crippen molar-refractivity contribution in [2.24, 2.45) is 0 Å². The number of unbranched alkanes of at least 4 members (excludes halogenated alkanes) is 6. The molecule has 0 saturated heterocycles. The van der Waals surface area contributed by atoms with Gasteiger partial charge in [-0.3, -0.25) is 0 Å². The van der Waals surface area contributed by atoms with Crippen LogP contribution in [0.3, 0.4) is 0 Å². The standard InChI is InChI=1S/C13H27NSi2/c1-14(10-6-2-4-8-12-15)11-7-3-5-9-13-16/h2-13H2,1H3. The van der Waals surface area contributed by atoms with Crippen LogP contribution in [0.4, 0.5) is 0 Å². The molecule has 0 unspecified atom stereocenters. The van der Waals surface area contributed by atoms with Crippen LogP contribution in [0.2, 0.25) is 12.1 Å². The highest BCUT2D eigenvalue weighted by Crippen LogP contribution is 2.05. The van der Waals surface area contributed by atoms with Crippen molar-refractivity contribution in [2.45, 2.75) is 63.5 Å². The second kappa shape index (κ2) is 13.5. The lowest BCUT2D eigenvalue weighted by atomic mass is 10.2. The summed E-state index contributed by atoms with van der Waals surface area (Å²) >= 11 is 0. The predicted molar refractivity (Wildman–Crippen MR) is 75.6 cm³/mol. The average molecular weight is 254 g/mol. The van der Waals surface area contributed by atoms with Gasteiger partial charge in [-0.15, -0.1) is 0 Å². The van der Waals surface area contributed by atoms with Crippen LogP contribution in [-0.2, 0) is 0 Å². The maximum absolute atomic E-state index is 3.52. The Hall–Kier alpha value is 0.394. The number of rotatable bonds is 12. The molecular weight excluding hydrogens is 226 g/mol. The van der Waals surface area contributed by atoms with E-state index in [4.69, 9.17) is 0 Å². The fourth-order valence-electron chi connectivity index (χ4n) is 1.83. The highest BCUT2D eigenvalue weighted by Gasteiger charge is 1.97. The van der Waals surface area contributed by atoms with Crippen LogP contribution in [-0.4, -0.2) is 45.5 Å². The molecule has 0 amide bonds. The normalized spacial score (nSPS) is 11.2. The summed E-state index contributed by atoms with van der Waals surface area (Å²) in [5, 5.41) is 0. The summed E-state index contributed by atoms with van der Waals surface area (Å²) in [6.07, 6.45) is 10.9. The maximum Gasteiger partial charge on any atom is 0.0222 e. The van der Waals surface area contributed by atoms with Crippen LogP contribution in [0, 0.1) is 0 Å². The van der Waals surface area contributed by atoms with E-state index in [0.29, 0.717) is 0 Å². The molecule has 0 N–H and O–H groups in total. The molecule has 0 fully saturated rings. The minimum Gasteiger partial charge on any atom is -0.306 e. The molecule has 0 heterocycles. The molecule has 0 rings (SSSR count). The van der Waals surface area contributed by atoms with E-state index in [1.807, 2.05) is 0 Å². The van der Waals surface area contributed by atoms with E-state index in [9.17, 15) is 0 Å². The van der Waals surface area contributed by atoms with E-state index in [1.165, 1.54) is 64.5 Å². The molecule has 0 aromatic heterocycles. The van der Waals surface area contributed by atoms with E-state index in [1.54, 1.807) is 0 Å². The molecule has 0 saturated carbocycles. The van der Waals surface area contributed by atoms with E-state index >= 15 is 0 Å². The summed E-state index contributed by atoms with van der Waals surface area (Å²) in [7, 11) is 9.29. The number of hydrogen-bond donors (Lipinski definition) is 0. The molecule has 0 bridgehead atoms. The summed E-state index contributed by atoms with van der Waals surface area (Å²) in [6, 6.07) is 2.31. The topological polar surface area (TPSA) is 3.24 Å². The largest absolute Gasteiger partial charge is 0.306 e. The Kier molecular flexibility index (Phi) is 13.8. The lowest BCUT2D eigenvalue weighted by Crippen LogP contribution is -2.20. The highest BCUT2D eigenvalue weighted by molar-refractivity contribution is 6.08. The quantitative estimate of drug-likeness (QED) is 0.381. The Morgan fingerprint density at radius 3 is 1.38 bits per heavy atom. The zero-order valence-electron chi connectivity index (χ0n) is 10.9. The molecule has 6 radical (unpaired) electrons. The van der Waals surface area contributed by atoms with Crippen molar-refractivity contribution < 1.29 is 0 Å². The second-order valence-electron chi connectivity index (χ2n) is 4.63. The van der Waals surface area contributed by atoms with Crippen molar-refractivity contribution in [2.75, 3.05) is 20.1 Å². The first-order valence-electron chi connectivity index (χ1n) is 6.79. The fraction of sp³-hybridized carbons (Fsp3) is 1.00. The van der Waals surface area contributed by atoms with Crippen LogP contribution in [0.5, 0.6) is 0 Å². The van der Waals surface area contributed by atoms with Gasteiger partial charge in [-0.1, -0.05) is 50.6 Å². The van der Waals surface area contributed by atoms with Gasteiger partial charge in [0.05, 0.1) is 0 Å². The van der Waals surface area contributed by atoms with Crippen LogP contribution in [0.15, 0.2) is 0 Å². The van der Waals surface area contributed by atoms with E-state index < -0.39 is 0 Å². The third-order valence-electron chi connectivity index (χ3n) is 2.93. The van der Waals surface area contributed by atoms with Crippen LogP contribution in [0.1, 0.15) is 51.4 Å². The van der Waals surface area contributed by atoms with Crippen molar-refractivity contribution in [1.82, 2.24) is 4.90 Å². The van der Waals surface area contributed by atoms with E-state index in [0.717, 1.165) is 12.1 Å². The number of nitrogens with zero attached hydrogens (tertiary/aromatic N) is 1. The van der Waals surface area contributed by atoms with Gasteiger partial charge in [-0.2, -0.15) is 0 Å². The molecule has 92 valence electrons. The maximum atomic E-state index is 3.52. The Bertz CT molecular complexity index is 117. The molecule has 0 aliphatic rings. The zero-order valence-corrected chi connectivity index (χ0v) is 12.9. The Morgan fingerprint density at radius 2 is 1.00 bits per heavy atom. The lowest BCUT2D eigenvalue weighted by Gasteiger charge is -2.16. The van der Waals surface area contributed by atoms with Crippen LogP contribution < -0.4 is 0 Å². The fourth-order valence-corrected chi connectivity index (χ4v) is 2.33. The van der Waals surface area contributed by atoms with Crippen LogP contribution in [0.25, 0.3) is 0 Å². The Balaban J connectivity index is 3.09. The van der Waals surface area contributed by atoms with Gasteiger partial charge in [0.15, 0.2) is 0 Å². The van der Waals surface area contributed by atoms with Crippen LogP contribution >= 0.6 is 0 Å². The molecule has 0 aliphatic carbocycles. The van der Waals surface area contributed by atoms with Gasteiger partial charge in [-0.05, 0) is 33.0 Å². The summed E-state index contributed by atoms with van der Waals surface area (Å²) in [6.45, 7) is 2.56. The van der Waals surface area contributed by atoms with E-state index in [2.05, 4.69) is 32.4 Å². The monoisotopic (exact) mass is 253 g/mol. The van der Waals surface area contributed by atoms with Crippen molar-refractivity contribution in [3.63, 3.8) is 0 Å². The van der Waals surface area contributed by atoms with Gasteiger partial charge in [0.25, 0.3) is 0 Å². The summed E-state index contributed by atoms with van der Waals surface area (Å²) in [5.74, 6) is 0. The van der Waals surface area contributed by atoms with Gasteiger partial charge < -0.3 is 4.90 Å². The summed E-state index contributed by atoms with van der Waals surface area (Å²) < 4.78 is 0. The van der Waals surface area contributed by atoms with Gasteiger partial charge in [-0.25, -0.2) is 0 Å². The first-order chi connectivity index (χ1) is 7.81. The Morgan fingerprint density at radius 1 is 0.625 bits per heavy atom. The molecule has 0 aromatic rings. The zero-order chi connectivity index (χ0) is 12.1. The average Bonchev–Trinajstić information content (AvgIpc) is 2.28. The lowest BCUT2D eigenvalue weighted by molar-refractivity contribution is 0.315. The smallest absolute Gasteiger partial charge is 0.0222 e. The SMILES string of the molecule is CN(CCCCCC[Si])CCCCCC[Si]. The van der Waals surface area contributed by atoms with Crippen molar-refractivity contribution in [3.8, 4) is 0 Å². The third kappa shape index (κ3) is 12.5. The number of hydrogen-bond acceptors (Lipinski definition) is 1. The molecular formula is C13H27NSi2. The predicted octanol–water partition coefficient (Wildman–Crippen LogP) is 3.21. The van der Waals surface area contributed by atoms with Crippen molar-refractivity contribution in [1.29, 1.82) is 0 Å². The molecule has 0 aromatic carbocycles. The van der Waals surface area contributed by atoms with Gasteiger partial charge >= 0.3 is 0 Å². The van der Waals surface area contributed by atoms with Gasteiger partial charge in [0.1, 0.15) is 0 Å². The minimum atomic E-state index is 1.16. The molecule has 16 heavy (non-hydrogen) atoms. The molecule has 0 aliphatic heterocycles. The second-order valence-corrected chi connectivity index (χ2v) is 5.63.